The quantitative estimate of drug-likeness (QED) is 0.194. The maximum absolute atomic E-state index is 12.3. The molecule has 3 atom stereocenters. The van der Waals surface area contributed by atoms with Gasteiger partial charge >= 0.3 is 5.97 Å². The van der Waals surface area contributed by atoms with Gasteiger partial charge in [0.25, 0.3) is 0 Å². The zero-order valence-electron chi connectivity index (χ0n) is 14.2. The number of hydrogen-bond donors (Lipinski definition) is 7. The normalized spacial score (nSPS) is 14.3. The van der Waals surface area contributed by atoms with Crippen LogP contribution in [0.25, 0.3) is 0 Å². The summed E-state index contributed by atoms with van der Waals surface area (Å²) < 4.78 is 0. The number of nitrogens with two attached hydrogens (primary N) is 1. The molecule has 0 saturated carbocycles. The average molecular weight is 378 g/mol. The zero-order chi connectivity index (χ0) is 19.6. The van der Waals surface area contributed by atoms with E-state index in [2.05, 4.69) is 28.6 Å². The van der Waals surface area contributed by atoms with Gasteiger partial charge in [-0.1, -0.05) is 13.8 Å². The predicted molar refractivity (Wildman–Crippen MR) is 92.9 cm³/mol. The lowest BCUT2D eigenvalue weighted by molar-refractivity contribution is -0.143. The summed E-state index contributed by atoms with van der Waals surface area (Å²) in [6.45, 7) is 2.64. The minimum atomic E-state index is -1.49. The molecule has 0 aliphatic rings. The summed E-state index contributed by atoms with van der Waals surface area (Å²) in [6.07, 6.45) is 0.326. The van der Waals surface area contributed by atoms with E-state index in [1.54, 1.807) is 0 Å². The van der Waals surface area contributed by atoms with Crippen molar-refractivity contribution in [2.75, 3.05) is 18.9 Å². The smallest absolute Gasteiger partial charge is 0.328 e. The minimum absolute atomic E-state index is 0.0860. The van der Waals surface area contributed by atoms with E-state index in [1.807, 2.05) is 13.8 Å². The van der Waals surface area contributed by atoms with Crippen molar-refractivity contribution < 1.29 is 29.4 Å². The third-order valence-electron chi connectivity index (χ3n) is 3.16. The molecule has 0 aliphatic carbocycles. The second-order valence-corrected chi connectivity index (χ2v) is 6.14. The van der Waals surface area contributed by atoms with Gasteiger partial charge in [-0.2, -0.15) is 12.6 Å². The van der Waals surface area contributed by atoms with Crippen molar-refractivity contribution in [3.8, 4) is 0 Å². The first-order valence-corrected chi connectivity index (χ1v) is 8.34. The van der Waals surface area contributed by atoms with Crippen LogP contribution in [-0.2, 0) is 19.2 Å². The molecular weight excluding hydrogens is 352 g/mol. The fourth-order valence-corrected chi connectivity index (χ4v) is 2.14. The van der Waals surface area contributed by atoms with Crippen LogP contribution in [0.5, 0.6) is 0 Å². The Morgan fingerprint density at radius 2 is 1.52 bits per heavy atom. The highest BCUT2D eigenvalue weighted by molar-refractivity contribution is 7.80. The van der Waals surface area contributed by atoms with Gasteiger partial charge in [-0.15, -0.1) is 0 Å². The van der Waals surface area contributed by atoms with Gasteiger partial charge in [-0.25, -0.2) is 4.79 Å². The van der Waals surface area contributed by atoms with Gasteiger partial charge in [0, 0.05) is 5.75 Å². The van der Waals surface area contributed by atoms with Crippen LogP contribution < -0.4 is 21.7 Å². The molecule has 0 aromatic carbocycles. The fourth-order valence-electron chi connectivity index (χ4n) is 1.88. The van der Waals surface area contributed by atoms with Crippen LogP contribution >= 0.6 is 12.6 Å². The van der Waals surface area contributed by atoms with E-state index in [9.17, 15) is 19.2 Å². The number of carboxylic acid groups (broad SMARTS) is 1. The zero-order valence-corrected chi connectivity index (χ0v) is 15.1. The van der Waals surface area contributed by atoms with Gasteiger partial charge in [0.15, 0.2) is 0 Å². The highest BCUT2D eigenvalue weighted by atomic mass is 32.1. The third-order valence-corrected chi connectivity index (χ3v) is 3.52. The largest absolute Gasteiger partial charge is 0.480 e. The molecule has 0 aromatic heterocycles. The first kappa shape index (κ1) is 23.1. The number of aliphatic carboxylic acids is 1. The van der Waals surface area contributed by atoms with E-state index in [-0.39, 0.29) is 18.2 Å². The molecule has 25 heavy (non-hydrogen) atoms. The van der Waals surface area contributed by atoms with E-state index < -0.39 is 48.4 Å². The van der Waals surface area contributed by atoms with Crippen molar-refractivity contribution in [3.63, 3.8) is 0 Å². The monoisotopic (exact) mass is 378 g/mol. The Balaban J connectivity index is 4.98. The number of hydrogen-bond acceptors (Lipinski definition) is 7. The van der Waals surface area contributed by atoms with Gasteiger partial charge in [0.1, 0.15) is 18.1 Å². The van der Waals surface area contributed by atoms with Crippen molar-refractivity contribution in [1.29, 1.82) is 0 Å². The highest BCUT2D eigenvalue weighted by Gasteiger charge is 2.28. The number of aliphatic hydroxyl groups excluding tert-OH is 1. The lowest BCUT2D eigenvalue weighted by atomic mass is 10.0. The van der Waals surface area contributed by atoms with E-state index in [0.29, 0.717) is 6.42 Å². The van der Waals surface area contributed by atoms with Gasteiger partial charge in [-0.05, 0) is 12.3 Å². The molecular formula is C14H26N4O6S. The highest BCUT2D eigenvalue weighted by Crippen LogP contribution is 2.06. The molecule has 0 fully saturated rings. The summed E-state index contributed by atoms with van der Waals surface area (Å²) in [4.78, 5) is 46.7. The van der Waals surface area contributed by atoms with E-state index in [4.69, 9.17) is 15.9 Å². The molecule has 0 spiro atoms. The van der Waals surface area contributed by atoms with E-state index in [0.717, 1.165) is 0 Å². The standard InChI is InChI=1S/C14H26N4O6S/c1-7(2)3-8(16-11(20)4-15)12(21)18-10(6-25)13(22)17-9(5-19)14(23)24/h7-10,19,25H,3-6,15H2,1-2H3,(H,16,20)(H,17,22)(H,18,21)(H,23,24). The molecule has 3 amide bonds. The first-order chi connectivity index (χ1) is 11.7. The maximum Gasteiger partial charge on any atom is 0.328 e. The van der Waals surface area contributed by atoms with Gasteiger partial charge < -0.3 is 31.9 Å². The molecule has 7 N–H and O–H groups in total. The van der Waals surface area contributed by atoms with E-state index >= 15 is 0 Å². The Labute approximate surface area is 151 Å². The van der Waals surface area contributed by atoms with E-state index in [1.165, 1.54) is 0 Å². The number of rotatable bonds is 11. The number of carbonyl (C=O) groups excluding carboxylic acids is 3. The molecule has 0 aromatic rings. The Bertz CT molecular complexity index is 488. The topological polar surface area (TPSA) is 171 Å². The van der Waals surface area contributed by atoms with Crippen molar-refractivity contribution in [3.05, 3.63) is 0 Å². The van der Waals surface area contributed by atoms with Crippen molar-refractivity contribution in [2.45, 2.75) is 38.4 Å². The summed E-state index contributed by atoms with van der Waals surface area (Å²) in [5.74, 6) is -3.36. The molecule has 3 unspecified atom stereocenters. The van der Waals surface area contributed by atoms with Crippen LogP contribution in [0, 0.1) is 5.92 Å². The Morgan fingerprint density at radius 3 is 1.92 bits per heavy atom. The van der Waals surface area contributed by atoms with Gasteiger partial charge in [-0.3, -0.25) is 14.4 Å². The number of carbonyl (C=O) groups is 4. The Hall–Kier alpha value is -1.85. The summed E-state index contributed by atoms with van der Waals surface area (Å²) in [5.41, 5.74) is 5.23. The SMILES string of the molecule is CC(C)CC(NC(=O)CN)C(=O)NC(CS)C(=O)NC(CO)C(=O)O. The van der Waals surface area contributed by atoms with Crippen LogP contribution in [0.15, 0.2) is 0 Å². The second kappa shape index (κ2) is 11.7. The van der Waals surface area contributed by atoms with Crippen LogP contribution in [-0.4, -0.2) is 70.9 Å². The number of aliphatic hydroxyl groups is 1. The third kappa shape index (κ3) is 8.70. The van der Waals surface area contributed by atoms with Gasteiger partial charge in [0.05, 0.1) is 13.2 Å². The molecule has 144 valence electrons. The van der Waals surface area contributed by atoms with Crippen molar-refractivity contribution in [2.24, 2.45) is 11.7 Å². The lowest BCUT2D eigenvalue weighted by Gasteiger charge is -2.24. The molecule has 0 radical (unpaired) electrons. The second-order valence-electron chi connectivity index (χ2n) is 5.78. The maximum atomic E-state index is 12.3. The van der Waals surface area contributed by atoms with Gasteiger partial charge in [0.2, 0.25) is 17.7 Å². The Kier molecular flexibility index (Phi) is 10.8. The van der Waals surface area contributed by atoms with Crippen molar-refractivity contribution in [1.82, 2.24) is 16.0 Å². The molecule has 0 heterocycles. The summed E-state index contributed by atoms with van der Waals surface area (Å²) >= 11 is 3.97. The lowest BCUT2D eigenvalue weighted by Crippen LogP contribution is -2.57. The molecule has 0 bridgehead atoms. The number of carboxylic acids is 1. The number of nitrogens with one attached hydrogen (secondary N) is 3. The fraction of sp³-hybridized carbons (Fsp3) is 0.714. The number of amides is 3. The van der Waals surface area contributed by atoms with Crippen LogP contribution in [0.3, 0.4) is 0 Å². The summed E-state index contributed by atoms with van der Waals surface area (Å²) in [6, 6.07) is -3.51. The van der Waals surface area contributed by atoms with Crippen molar-refractivity contribution >= 4 is 36.3 Å². The average Bonchev–Trinajstić information content (AvgIpc) is 2.55. The number of thiol groups is 1. The summed E-state index contributed by atoms with van der Waals surface area (Å²) in [5, 5.41) is 24.7. The summed E-state index contributed by atoms with van der Waals surface area (Å²) in [7, 11) is 0. The molecule has 0 saturated heterocycles. The Morgan fingerprint density at radius 1 is 1.00 bits per heavy atom. The minimum Gasteiger partial charge on any atom is -0.480 e. The van der Waals surface area contributed by atoms with Crippen LogP contribution in [0.1, 0.15) is 20.3 Å². The van der Waals surface area contributed by atoms with Crippen LogP contribution in [0.4, 0.5) is 0 Å². The van der Waals surface area contributed by atoms with Crippen LogP contribution in [0.2, 0.25) is 0 Å². The first-order valence-electron chi connectivity index (χ1n) is 7.70. The molecule has 11 heteroatoms. The molecule has 0 rings (SSSR count). The molecule has 0 aliphatic heterocycles. The molecule has 10 nitrogen and oxygen atoms in total. The predicted octanol–water partition coefficient (Wildman–Crippen LogP) is -2.55.